The number of methoxy groups -OCH3 is 1. The number of hydrogen-bond acceptors (Lipinski definition) is 5. The minimum absolute atomic E-state index is 0.0912. The topological polar surface area (TPSA) is 101 Å². The first-order valence-electron chi connectivity index (χ1n) is 8.54. The van der Waals surface area contributed by atoms with Gasteiger partial charge >= 0.3 is 0 Å². The molecule has 1 aromatic carbocycles. The SMILES string of the molecule is COC(C)(C(F)F)C(NC(=O)c1ccc(C#CC#Cc2ccoc2)cc1)C(=O)NO. The van der Waals surface area contributed by atoms with Gasteiger partial charge in [-0.15, -0.1) is 0 Å². The number of halogens is 2. The van der Waals surface area contributed by atoms with E-state index in [0.29, 0.717) is 11.1 Å². The van der Waals surface area contributed by atoms with Gasteiger partial charge < -0.3 is 14.5 Å². The lowest BCUT2D eigenvalue weighted by atomic mass is 9.95. The normalized spacial score (nSPS) is 13.1. The third-order valence-corrected chi connectivity index (χ3v) is 4.24. The van der Waals surface area contributed by atoms with Gasteiger partial charge in [-0.1, -0.05) is 5.92 Å². The molecule has 0 saturated carbocycles. The van der Waals surface area contributed by atoms with Gasteiger partial charge in [-0.25, -0.2) is 14.3 Å². The second kappa shape index (κ2) is 10.2. The first-order chi connectivity index (χ1) is 14.3. The Hall–Kier alpha value is -3.66. The first-order valence-corrected chi connectivity index (χ1v) is 8.54. The van der Waals surface area contributed by atoms with Crippen molar-refractivity contribution in [3.8, 4) is 23.7 Å². The highest BCUT2D eigenvalue weighted by molar-refractivity contribution is 5.97. The van der Waals surface area contributed by atoms with Crippen molar-refractivity contribution < 1.29 is 32.7 Å². The molecule has 0 aliphatic heterocycles. The van der Waals surface area contributed by atoms with Gasteiger partial charge in [0.05, 0.1) is 11.8 Å². The number of hydrogen-bond donors (Lipinski definition) is 3. The standard InChI is InChI=1S/C21H18F2N2O5/c1-21(29-2,20(22)23)17(19(27)25-28)24-18(26)16-9-7-14(8-10-16)5-3-4-6-15-11-12-30-13-15/h7-13,17,20,28H,1-2H3,(H,24,26)(H,25,27). The van der Waals surface area contributed by atoms with Crippen LogP contribution in [0.25, 0.3) is 0 Å². The van der Waals surface area contributed by atoms with Gasteiger partial charge in [-0.05, 0) is 55.0 Å². The number of carbonyl (C=O) groups is 2. The van der Waals surface area contributed by atoms with E-state index in [1.54, 1.807) is 6.07 Å². The van der Waals surface area contributed by atoms with Gasteiger partial charge in [0.25, 0.3) is 18.2 Å². The molecule has 2 rings (SSSR count). The number of benzene rings is 1. The van der Waals surface area contributed by atoms with Crippen LogP contribution in [-0.2, 0) is 9.53 Å². The molecule has 3 N–H and O–H groups in total. The van der Waals surface area contributed by atoms with Crippen molar-refractivity contribution in [2.75, 3.05) is 7.11 Å². The lowest BCUT2D eigenvalue weighted by Crippen LogP contribution is -2.62. The van der Waals surface area contributed by atoms with E-state index in [1.807, 2.05) is 0 Å². The molecule has 2 unspecified atom stereocenters. The Bertz CT molecular complexity index is 998. The molecule has 0 spiro atoms. The number of carbonyl (C=O) groups excluding carboxylic acids is 2. The zero-order valence-electron chi connectivity index (χ0n) is 16.0. The third-order valence-electron chi connectivity index (χ3n) is 4.24. The highest BCUT2D eigenvalue weighted by Gasteiger charge is 2.48. The molecule has 2 atom stereocenters. The van der Waals surface area contributed by atoms with Gasteiger partial charge in [0.1, 0.15) is 12.3 Å². The zero-order valence-corrected chi connectivity index (χ0v) is 16.0. The van der Waals surface area contributed by atoms with Crippen LogP contribution in [-0.4, -0.2) is 42.2 Å². The van der Waals surface area contributed by atoms with E-state index in [0.717, 1.165) is 14.0 Å². The molecule has 0 fully saturated rings. The summed E-state index contributed by atoms with van der Waals surface area (Å²) >= 11 is 0. The molecule has 2 aromatic rings. The van der Waals surface area contributed by atoms with Crippen molar-refractivity contribution in [1.82, 2.24) is 10.8 Å². The van der Waals surface area contributed by atoms with Crippen LogP contribution in [0.5, 0.6) is 0 Å². The predicted molar refractivity (Wildman–Crippen MR) is 102 cm³/mol. The summed E-state index contributed by atoms with van der Waals surface area (Å²) in [6.45, 7) is 0.946. The molecule has 0 aliphatic rings. The summed E-state index contributed by atoms with van der Waals surface area (Å²) in [4.78, 5) is 24.3. The molecule has 1 aromatic heterocycles. The van der Waals surface area contributed by atoms with Crippen LogP contribution in [0, 0.1) is 23.7 Å². The average Bonchev–Trinajstić information content (AvgIpc) is 3.27. The number of alkyl halides is 2. The highest BCUT2D eigenvalue weighted by atomic mass is 19.3. The largest absolute Gasteiger partial charge is 0.471 e. The lowest BCUT2D eigenvalue weighted by molar-refractivity contribution is -0.157. The summed E-state index contributed by atoms with van der Waals surface area (Å²) in [5, 5.41) is 11.0. The van der Waals surface area contributed by atoms with E-state index < -0.39 is 29.9 Å². The monoisotopic (exact) mass is 416 g/mol. The number of nitrogens with one attached hydrogen (secondary N) is 2. The molecule has 1 heterocycles. The fourth-order valence-corrected chi connectivity index (χ4v) is 2.33. The zero-order chi connectivity index (χ0) is 22.1. The van der Waals surface area contributed by atoms with Crippen molar-refractivity contribution >= 4 is 11.8 Å². The van der Waals surface area contributed by atoms with Gasteiger partial charge in [-0.2, -0.15) is 0 Å². The maximum absolute atomic E-state index is 13.4. The summed E-state index contributed by atoms with van der Waals surface area (Å²) < 4.78 is 36.4. The van der Waals surface area contributed by atoms with Crippen molar-refractivity contribution in [1.29, 1.82) is 0 Å². The number of amides is 2. The van der Waals surface area contributed by atoms with Crippen LogP contribution in [0.3, 0.4) is 0 Å². The Kier molecular flexibility index (Phi) is 7.70. The Morgan fingerprint density at radius 3 is 2.27 bits per heavy atom. The molecule has 2 amide bonds. The van der Waals surface area contributed by atoms with Crippen LogP contribution in [0.15, 0.2) is 47.3 Å². The van der Waals surface area contributed by atoms with Gasteiger partial charge in [0.15, 0.2) is 5.60 Å². The molecule has 30 heavy (non-hydrogen) atoms. The lowest BCUT2D eigenvalue weighted by Gasteiger charge is -2.34. The minimum Gasteiger partial charge on any atom is -0.471 e. The Labute approximate surface area is 171 Å². The Morgan fingerprint density at radius 2 is 1.77 bits per heavy atom. The van der Waals surface area contributed by atoms with Crippen molar-refractivity contribution in [3.05, 3.63) is 59.5 Å². The first kappa shape index (κ1) is 22.6. The summed E-state index contributed by atoms with van der Waals surface area (Å²) in [5.74, 6) is 8.81. The Morgan fingerprint density at radius 1 is 1.13 bits per heavy atom. The smallest absolute Gasteiger partial charge is 0.269 e. The molecular formula is C21H18F2N2O5. The fraction of sp³-hybridized carbons (Fsp3) is 0.238. The molecule has 9 heteroatoms. The predicted octanol–water partition coefficient (Wildman–Crippen LogP) is 1.96. The fourth-order valence-electron chi connectivity index (χ4n) is 2.33. The van der Waals surface area contributed by atoms with E-state index in [-0.39, 0.29) is 5.56 Å². The third kappa shape index (κ3) is 5.45. The van der Waals surface area contributed by atoms with Crippen LogP contribution in [0.1, 0.15) is 28.4 Å². The van der Waals surface area contributed by atoms with Gasteiger partial charge in [-0.3, -0.25) is 14.8 Å². The maximum atomic E-state index is 13.4. The van der Waals surface area contributed by atoms with E-state index in [4.69, 9.17) is 14.4 Å². The quantitative estimate of drug-likeness (QED) is 0.380. The number of ether oxygens (including phenoxy) is 1. The molecule has 156 valence electrons. The van der Waals surface area contributed by atoms with Gasteiger partial charge in [0, 0.05) is 18.2 Å². The van der Waals surface area contributed by atoms with E-state index in [9.17, 15) is 18.4 Å². The number of rotatable bonds is 6. The van der Waals surface area contributed by atoms with E-state index >= 15 is 0 Å². The van der Waals surface area contributed by atoms with Crippen LogP contribution < -0.4 is 10.8 Å². The number of hydroxylamine groups is 1. The van der Waals surface area contributed by atoms with Crippen molar-refractivity contribution in [2.45, 2.75) is 25.0 Å². The summed E-state index contributed by atoms with van der Waals surface area (Å²) in [7, 11) is 0.971. The summed E-state index contributed by atoms with van der Waals surface area (Å²) in [6, 6.07) is 5.72. The highest BCUT2D eigenvalue weighted by Crippen LogP contribution is 2.24. The van der Waals surface area contributed by atoms with Crippen molar-refractivity contribution in [3.63, 3.8) is 0 Å². The van der Waals surface area contributed by atoms with Gasteiger partial charge in [0.2, 0.25) is 0 Å². The van der Waals surface area contributed by atoms with E-state index in [1.165, 1.54) is 42.3 Å². The maximum Gasteiger partial charge on any atom is 0.269 e. The second-order valence-corrected chi connectivity index (χ2v) is 6.16. The van der Waals surface area contributed by atoms with E-state index in [2.05, 4.69) is 29.0 Å². The molecule has 0 bridgehead atoms. The molecule has 0 aliphatic carbocycles. The average molecular weight is 416 g/mol. The number of furan rings is 1. The molecule has 0 saturated heterocycles. The summed E-state index contributed by atoms with van der Waals surface area (Å²) in [5.41, 5.74) is 0.239. The molecule has 0 radical (unpaired) electrons. The minimum atomic E-state index is -3.12. The summed E-state index contributed by atoms with van der Waals surface area (Å²) in [6.07, 6.45) is -0.146. The molecule has 7 nitrogen and oxygen atoms in total. The second-order valence-electron chi connectivity index (χ2n) is 6.16. The van der Waals surface area contributed by atoms with Crippen molar-refractivity contribution in [2.24, 2.45) is 0 Å². The van der Waals surface area contributed by atoms with Crippen LogP contribution in [0.4, 0.5) is 8.78 Å². The van der Waals surface area contributed by atoms with Crippen LogP contribution >= 0.6 is 0 Å². The van der Waals surface area contributed by atoms with Crippen LogP contribution in [0.2, 0.25) is 0 Å². The Balaban J connectivity index is 2.13. The molecular weight excluding hydrogens is 398 g/mol.